The van der Waals surface area contributed by atoms with Crippen LogP contribution >= 0.6 is 0 Å². The summed E-state index contributed by atoms with van der Waals surface area (Å²) < 4.78 is 13.0. The van der Waals surface area contributed by atoms with Crippen LogP contribution in [0, 0.1) is 15.9 Å². The van der Waals surface area contributed by atoms with Gasteiger partial charge in [-0.2, -0.15) is 4.39 Å². The molecule has 0 unspecified atom stereocenters. The van der Waals surface area contributed by atoms with Crippen LogP contribution < -0.4 is 5.73 Å². The smallest absolute Gasteiger partial charge is 0.307 e. The molecule has 2 aromatic rings. The molecule has 1 aromatic heterocycles. The average molecular weight is 196 g/mol. The van der Waals surface area contributed by atoms with E-state index in [1.807, 2.05) is 0 Å². The summed E-state index contributed by atoms with van der Waals surface area (Å²) in [4.78, 5) is 15.9. The van der Waals surface area contributed by atoms with Crippen molar-refractivity contribution in [1.82, 2.24) is 9.97 Å². The Morgan fingerprint density at radius 2 is 2.29 bits per heavy atom. The monoisotopic (exact) mass is 196 g/mol. The Hall–Kier alpha value is -2.18. The molecule has 72 valence electrons. The van der Waals surface area contributed by atoms with Gasteiger partial charge >= 0.3 is 5.69 Å². The molecule has 3 N–H and O–H groups in total. The maximum Gasteiger partial charge on any atom is 0.307 e. The molecule has 7 heteroatoms. The Bertz CT molecular complexity index is 522. The van der Waals surface area contributed by atoms with E-state index in [0.717, 1.165) is 12.1 Å². The van der Waals surface area contributed by atoms with Gasteiger partial charge in [-0.1, -0.05) is 0 Å². The quantitative estimate of drug-likeness (QED) is 0.528. The first-order valence-electron chi connectivity index (χ1n) is 3.67. The molecular weight excluding hydrogens is 191 g/mol. The number of fused-ring (bicyclic) bond motifs is 1. The Morgan fingerprint density at radius 3 is 2.93 bits per heavy atom. The van der Waals surface area contributed by atoms with Gasteiger partial charge in [-0.25, -0.2) is 4.98 Å². The maximum absolute atomic E-state index is 13.0. The van der Waals surface area contributed by atoms with Crippen LogP contribution in [0.2, 0.25) is 0 Å². The van der Waals surface area contributed by atoms with E-state index in [2.05, 4.69) is 9.97 Å². The first kappa shape index (κ1) is 8.42. The molecule has 0 spiro atoms. The summed E-state index contributed by atoms with van der Waals surface area (Å²) in [6.45, 7) is 0. The van der Waals surface area contributed by atoms with Crippen LogP contribution in [0.4, 0.5) is 16.0 Å². The van der Waals surface area contributed by atoms with Gasteiger partial charge in [-0.15, -0.1) is 0 Å². The number of aromatic amines is 1. The van der Waals surface area contributed by atoms with Crippen molar-refractivity contribution in [2.75, 3.05) is 5.73 Å². The van der Waals surface area contributed by atoms with Crippen molar-refractivity contribution >= 4 is 22.7 Å². The third-order valence-electron chi connectivity index (χ3n) is 1.77. The van der Waals surface area contributed by atoms with Crippen molar-refractivity contribution < 1.29 is 9.31 Å². The minimum Gasteiger partial charge on any atom is -0.369 e. The van der Waals surface area contributed by atoms with Gasteiger partial charge in [0.2, 0.25) is 5.82 Å². The lowest BCUT2D eigenvalue weighted by Crippen LogP contribution is -1.91. The molecule has 0 saturated heterocycles. The van der Waals surface area contributed by atoms with E-state index in [-0.39, 0.29) is 11.5 Å². The number of nitro benzene ring substituents is 1. The summed E-state index contributed by atoms with van der Waals surface area (Å²) in [7, 11) is 0. The van der Waals surface area contributed by atoms with Crippen molar-refractivity contribution in [2.45, 2.75) is 0 Å². The molecule has 0 saturated carbocycles. The number of hydrogen-bond donors (Lipinski definition) is 2. The van der Waals surface area contributed by atoms with Crippen LogP contribution in [0.1, 0.15) is 0 Å². The zero-order chi connectivity index (χ0) is 10.3. The third-order valence-corrected chi connectivity index (χ3v) is 1.77. The first-order valence-corrected chi connectivity index (χ1v) is 3.67. The molecule has 0 radical (unpaired) electrons. The van der Waals surface area contributed by atoms with E-state index in [1.54, 1.807) is 0 Å². The highest BCUT2D eigenvalue weighted by Gasteiger charge is 2.16. The fourth-order valence-electron chi connectivity index (χ4n) is 1.18. The fraction of sp³-hybridized carbons (Fsp3) is 0. The zero-order valence-electron chi connectivity index (χ0n) is 6.82. The second kappa shape index (κ2) is 2.66. The number of nitrogens with two attached hydrogens (primary N) is 1. The number of rotatable bonds is 1. The van der Waals surface area contributed by atoms with Crippen molar-refractivity contribution in [3.63, 3.8) is 0 Å². The summed E-state index contributed by atoms with van der Waals surface area (Å²) in [5, 5.41) is 10.4. The predicted octanol–water partition coefficient (Wildman–Crippen LogP) is 1.19. The zero-order valence-corrected chi connectivity index (χ0v) is 6.82. The van der Waals surface area contributed by atoms with Gasteiger partial charge in [0.25, 0.3) is 0 Å². The molecule has 14 heavy (non-hydrogen) atoms. The van der Waals surface area contributed by atoms with Crippen LogP contribution in [0.25, 0.3) is 11.0 Å². The molecule has 0 bridgehead atoms. The number of imidazole rings is 1. The first-order chi connectivity index (χ1) is 6.58. The van der Waals surface area contributed by atoms with Crippen LogP contribution in [0.3, 0.4) is 0 Å². The lowest BCUT2D eigenvalue weighted by molar-refractivity contribution is -0.387. The largest absolute Gasteiger partial charge is 0.369 e. The highest BCUT2D eigenvalue weighted by Crippen LogP contribution is 2.23. The molecule has 0 atom stereocenters. The van der Waals surface area contributed by atoms with Gasteiger partial charge in [0.05, 0.1) is 16.0 Å². The van der Waals surface area contributed by atoms with E-state index in [9.17, 15) is 14.5 Å². The van der Waals surface area contributed by atoms with Crippen LogP contribution in [0.15, 0.2) is 12.1 Å². The Labute approximate surface area is 76.7 Å². The minimum absolute atomic E-state index is 0.0971. The normalized spacial score (nSPS) is 10.6. The number of benzene rings is 1. The highest BCUT2D eigenvalue weighted by atomic mass is 19.1. The number of nitrogens with zero attached hydrogens (tertiary/aromatic N) is 2. The van der Waals surface area contributed by atoms with Gasteiger partial charge < -0.3 is 10.7 Å². The van der Waals surface area contributed by atoms with Gasteiger partial charge in [-0.05, 0) is 0 Å². The Kier molecular flexibility index (Phi) is 1.60. The molecule has 1 heterocycles. The van der Waals surface area contributed by atoms with Crippen molar-refractivity contribution in [3.05, 3.63) is 28.1 Å². The second-order valence-corrected chi connectivity index (χ2v) is 2.70. The number of nitro groups is 1. The summed E-state index contributed by atoms with van der Waals surface area (Å²) in [5.74, 6) is -0.825. The van der Waals surface area contributed by atoms with Gasteiger partial charge in [0.1, 0.15) is 0 Å². The molecule has 0 fully saturated rings. The molecule has 0 aliphatic carbocycles. The molecule has 0 amide bonds. The van der Waals surface area contributed by atoms with Crippen LogP contribution in [-0.2, 0) is 0 Å². The van der Waals surface area contributed by atoms with Crippen molar-refractivity contribution in [2.24, 2.45) is 0 Å². The van der Waals surface area contributed by atoms with E-state index >= 15 is 0 Å². The predicted molar refractivity (Wildman–Crippen MR) is 47.1 cm³/mol. The summed E-state index contributed by atoms with van der Waals surface area (Å²) in [6, 6.07) is 2.04. The molecule has 6 nitrogen and oxygen atoms in total. The van der Waals surface area contributed by atoms with Gasteiger partial charge in [0.15, 0.2) is 5.95 Å². The molecular formula is C7H5FN4O2. The number of nitrogens with one attached hydrogen (secondary N) is 1. The lowest BCUT2D eigenvalue weighted by atomic mass is 10.2. The second-order valence-electron chi connectivity index (χ2n) is 2.70. The highest BCUT2D eigenvalue weighted by molar-refractivity contribution is 5.79. The van der Waals surface area contributed by atoms with E-state index in [4.69, 9.17) is 5.73 Å². The number of halogens is 1. The number of aromatic nitrogens is 2. The van der Waals surface area contributed by atoms with Gasteiger partial charge in [0, 0.05) is 12.1 Å². The molecule has 0 aliphatic heterocycles. The van der Waals surface area contributed by atoms with E-state index in [0.29, 0.717) is 5.52 Å². The Balaban J connectivity index is 2.76. The summed E-state index contributed by atoms with van der Waals surface area (Å²) in [5.41, 5.74) is 5.32. The average Bonchev–Trinajstić information content (AvgIpc) is 2.42. The summed E-state index contributed by atoms with van der Waals surface area (Å²) in [6.07, 6.45) is 0. The molecule has 0 aliphatic rings. The number of H-pyrrole nitrogens is 1. The molecule has 1 aromatic carbocycles. The van der Waals surface area contributed by atoms with Crippen LogP contribution in [-0.4, -0.2) is 14.9 Å². The Morgan fingerprint density at radius 1 is 1.57 bits per heavy atom. The SMILES string of the molecule is Nc1nc2cc(F)c([N+](=O)[O-])cc2[nH]1. The fourth-order valence-corrected chi connectivity index (χ4v) is 1.18. The lowest BCUT2D eigenvalue weighted by Gasteiger charge is -1.92. The third kappa shape index (κ3) is 1.15. The van der Waals surface area contributed by atoms with E-state index in [1.165, 1.54) is 0 Å². The number of nitrogen functional groups attached to an aromatic ring is 1. The number of anilines is 1. The summed E-state index contributed by atoms with van der Waals surface area (Å²) >= 11 is 0. The van der Waals surface area contributed by atoms with Gasteiger partial charge in [-0.3, -0.25) is 10.1 Å². The standard InChI is InChI=1S/C7H5FN4O2/c8-3-1-4-5(11-7(9)10-4)2-6(3)12(13)14/h1-2H,(H3,9,10,11). The maximum atomic E-state index is 13.0. The van der Waals surface area contributed by atoms with Crippen LogP contribution in [0.5, 0.6) is 0 Å². The van der Waals surface area contributed by atoms with Crippen molar-refractivity contribution in [3.8, 4) is 0 Å². The minimum atomic E-state index is -0.922. The number of hydrogen-bond acceptors (Lipinski definition) is 4. The van der Waals surface area contributed by atoms with E-state index < -0.39 is 16.4 Å². The van der Waals surface area contributed by atoms with Crippen molar-refractivity contribution in [1.29, 1.82) is 0 Å². The topological polar surface area (TPSA) is 97.8 Å². The molecule has 2 rings (SSSR count).